The molecule has 1 aromatic heterocycles. The molecule has 2 aromatic rings. The minimum atomic E-state index is -0.422. The molecule has 0 fully saturated rings. The van der Waals surface area contributed by atoms with Crippen LogP contribution < -0.4 is 5.56 Å². The minimum Gasteiger partial charge on any atom is -0.493 e. The molecule has 0 aliphatic heterocycles. The van der Waals surface area contributed by atoms with Gasteiger partial charge in [-0.2, -0.15) is 4.98 Å². The van der Waals surface area contributed by atoms with Gasteiger partial charge in [0.15, 0.2) is 0 Å². The fourth-order valence-electron chi connectivity index (χ4n) is 1.78. The average Bonchev–Trinajstić information content (AvgIpc) is 2.39. The van der Waals surface area contributed by atoms with Gasteiger partial charge in [-0.1, -0.05) is 26.0 Å². The number of nitrogens with one attached hydrogen (secondary N) is 1. The first-order valence-corrected chi connectivity index (χ1v) is 6.12. The summed E-state index contributed by atoms with van der Waals surface area (Å²) in [5.41, 5.74) is 0.0739. The van der Waals surface area contributed by atoms with Crippen LogP contribution in [0.1, 0.15) is 32.0 Å². The number of nitrogens with zero attached hydrogens (tertiary/aromatic N) is 1. The zero-order chi connectivity index (χ0) is 14.0. The predicted octanol–water partition coefficient (Wildman–Crippen LogP) is 2.80. The lowest BCUT2D eigenvalue weighted by molar-refractivity contribution is 0.446. The van der Waals surface area contributed by atoms with E-state index in [4.69, 9.17) is 0 Å². The maximum absolute atomic E-state index is 12.9. The number of rotatable bonds is 3. The number of aromatic nitrogens is 2. The van der Waals surface area contributed by atoms with E-state index in [1.54, 1.807) is 0 Å². The number of H-pyrrole nitrogens is 1. The Morgan fingerprint density at radius 1 is 1.37 bits per heavy atom. The number of hydrogen-bond acceptors (Lipinski definition) is 3. The maximum Gasteiger partial charge on any atom is 0.262 e. The number of aromatic hydroxyl groups is 1. The molecule has 2 rings (SSSR count). The molecule has 5 heteroatoms. The second-order valence-corrected chi connectivity index (χ2v) is 4.47. The summed E-state index contributed by atoms with van der Waals surface area (Å²) in [6.45, 7) is 3.88. The summed E-state index contributed by atoms with van der Waals surface area (Å²) >= 11 is 0. The van der Waals surface area contributed by atoms with Crippen LogP contribution in [0.3, 0.4) is 0 Å². The molecular weight excluding hydrogens is 247 g/mol. The Morgan fingerprint density at radius 3 is 2.53 bits per heavy atom. The monoisotopic (exact) mass is 262 g/mol. The smallest absolute Gasteiger partial charge is 0.262 e. The van der Waals surface area contributed by atoms with Crippen molar-refractivity contribution in [3.05, 3.63) is 46.3 Å². The minimum absolute atomic E-state index is 0.0564. The summed E-state index contributed by atoms with van der Waals surface area (Å²) < 4.78 is 12.9. The van der Waals surface area contributed by atoms with Crippen LogP contribution in [0.15, 0.2) is 29.1 Å². The van der Waals surface area contributed by atoms with Crippen molar-refractivity contribution in [3.63, 3.8) is 0 Å². The van der Waals surface area contributed by atoms with E-state index in [-0.39, 0.29) is 17.4 Å². The molecule has 1 unspecified atom stereocenters. The Bertz CT molecular complexity index is 635. The third kappa shape index (κ3) is 2.65. The lowest BCUT2D eigenvalue weighted by Crippen LogP contribution is -2.15. The molecule has 0 radical (unpaired) electrons. The van der Waals surface area contributed by atoms with E-state index in [1.807, 2.05) is 13.8 Å². The quantitative estimate of drug-likeness (QED) is 0.893. The van der Waals surface area contributed by atoms with Crippen LogP contribution in [0.4, 0.5) is 4.39 Å². The summed E-state index contributed by atoms with van der Waals surface area (Å²) in [6.07, 6.45) is 0.804. The molecule has 100 valence electrons. The van der Waals surface area contributed by atoms with Crippen molar-refractivity contribution in [3.8, 4) is 17.0 Å². The van der Waals surface area contributed by atoms with Gasteiger partial charge in [0.2, 0.25) is 5.88 Å². The Balaban J connectivity index is 2.54. The third-order valence-electron chi connectivity index (χ3n) is 3.13. The van der Waals surface area contributed by atoms with E-state index in [0.29, 0.717) is 11.4 Å². The highest BCUT2D eigenvalue weighted by Crippen LogP contribution is 2.25. The SMILES string of the molecule is CCC(C)c1nc(O)c(-c2ccc(F)cc2)c(=O)[nH]1. The molecule has 1 heterocycles. The van der Waals surface area contributed by atoms with Crippen molar-refractivity contribution in [1.29, 1.82) is 0 Å². The molecule has 1 atom stereocenters. The maximum atomic E-state index is 12.9. The summed E-state index contributed by atoms with van der Waals surface area (Å²) in [5, 5.41) is 9.91. The van der Waals surface area contributed by atoms with Crippen molar-refractivity contribution < 1.29 is 9.50 Å². The average molecular weight is 262 g/mol. The van der Waals surface area contributed by atoms with Crippen molar-refractivity contribution >= 4 is 0 Å². The standard InChI is InChI=1S/C14H15FN2O2/c1-3-8(2)12-16-13(18)11(14(19)17-12)9-4-6-10(15)7-5-9/h4-8H,3H2,1-2H3,(H2,16,17,18,19). The molecule has 1 aromatic carbocycles. The van der Waals surface area contributed by atoms with Gasteiger partial charge in [-0.3, -0.25) is 4.79 Å². The van der Waals surface area contributed by atoms with Gasteiger partial charge >= 0.3 is 0 Å². The first kappa shape index (κ1) is 13.3. The van der Waals surface area contributed by atoms with Gasteiger partial charge in [0.1, 0.15) is 17.2 Å². The van der Waals surface area contributed by atoms with Gasteiger partial charge in [-0.05, 0) is 24.1 Å². The lowest BCUT2D eigenvalue weighted by atomic mass is 10.1. The van der Waals surface area contributed by atoms with Crippen molar-refractivity contribution in [2.75, 3.05) is 0 Å². The fraction of sp³-hybridized carbons (Fsp3) is 0.286. The normalized spacial score (nSPS) is 12.4. The van der Waals surface area contributed by atoms with E-state index in [1.165, 1.54) is 24.3 Å². The number of benzene rings is 1. The zero-order valence-electron chi connectivity index (χ0n) is 10.8. The molecule has 0 amide bonds. The Labute approximate surface area is 110 Å². The highest BCUT2D eigenvalue weighted by Gasteiger charge is 2.15. The van der Waals surface area contributed by atoms with Gasteiger partial charge in [0.05, 0.1) is 0 Å². The largest absolute Gasteiger partial charge is 0.493 e. The summed E-state index contributed by atoms with van der Waals surface area (Å²) in [4.78, 5) is 18.7. The van der Waals surface area contributed by atoms with Crippen molar-refractivity contribution in [2.24, 2.45) is 0 Å². The predicted molar refractivity (Wildman–Crippen MR) is 70.6 cm³/mol. The van der Waals surface area contributed by atoms with Crippen LogP contribution >= 0.6 is 0 Å². The molecule has 0 spiro atoms. The molecule has 2 N–H and O–H groups in total. The number of halogens is 1. The molecule has 0 aliphatic rings. The van der Waals surface area contributed by atoms with Crippen LogP contribution in [-0.2, 0) is 0 Å². The first-order chi connectivity index (χ1) is 9.02. The molecule has 4 nitrogen and oxygen atoms in total. The molecule has 0 saturated heterocycles. The Hall–Kier alpha value is -2.17. The molecule has 0 aliphatic carbocycles. The van der Waals surface area contributed by atoms with E-state index in [0.717, 1.165) is 6.42 Å². The van der Waals surface area contributed by atoms with E-state index in [9.17, 15) is 14.3 Å². The van der Waals surface area contributed by atoms with E-state index in [2.05, 4.69) is 9.97 Å². The highest BCUT2D eigenvalue weighted by molar-refractivity contribution is 5.67. The van der Waals surface area contributed by atoms with Crippen molar-refractivity contribution in [2.45, 2.75) is 26.2 Å². The lowest BCUT2D eigenvalue weighted by Gasteiger charge is -2.10. The van der Waals surface area contributed by atoms with Crippen LogP contribution in [0.2, 0.25) is 0 Å². The van der Waals surface area contributed by atoms with Crippen LogP contribution in [-0.4, -0.2) is 15.1 Å². The topological polar surface area (TPSA) is 66.0 Å². The van der Waals surface area contributed by atoms with Gasteiger partial charge in [-0.25, -0.2) is 4.39 Å². The zero-order valence-corrected chi connectivity index (χ0v) is 10.8. The van der Waals surface area contributed by atoms with Crippen LogP contribution in [0, 0.1) is 5.82 Å². The van der Waals surface area contributed by atoms with Gasteiger partial charge in [-0.15, -0.1) is 0 Å². The van der Waals surface area contributed by atoms with Gasteiger partial charge in [0, 0.05) is 5.92 Å². The Morgan fingerprint density at radius 2 is 2.00 bits per heavy atom. The third-order valence-corrected chi connectivity index (χ3v) is 3.13. The fourth-order valence-corrected chi connectivity index (χ4v) is 1.78. The second kappa shape index (κ2) is 5.22. The summed E-state index contributed by atoms with van der Waals surface area (Å²) in [7, 11) is 0. The highest BCUT2D eigenvalue weighted by atomic mass is 19.1. The molecule has 19 heavy (non-hydrogen) atoms. The van der Waals surface area contributed by atoms with Crippen molar-refractivity contribution in [1.82, 2.24) is 9.97 Å². The number of hydrogen-bond donors (Lipinski definition) is 2. The number of aromatic amines is 1. The Kier molecular flexibility index (Phi) is 3.64. The summed E-state index contributed by atoms with van der Waals surface area (Å²) in [5.74, 6) is -0.216. The van der Waals surface area contributed by atoms with Gasteiger partial charge < -0.3 is 10.1 Å². The second-order valence-electron chi connectivity index (χ2n) is 4.47. The van der Waals surface area contributed by atoms with Crippen LogP contribution in [0.5, 0.6) is 5.88 Å². The summed E-state index contributed by atoms with van der Waals surface area (Å²) in [6, 6.07) is 5.34. The molecule has 0 saturated carbocycles. The first-order valence-electron chi connectivity index (χ1n) is 6.12. The van der Waals surface area contributed by atoms with E-state index < -0.39 is 11.4 Å². The van der Waals surface area contributed by atoms with Crippen LogP contribution in [0.25, 0.3) is 11.1 Å². The molecular formula is C14H15FN2O2. The van der Waals surface area contributed by atoms with Gasteiger partial charge in [0.25, 0.3) is 5.56 Å². The van der Waals surface area contributed by atoms with E-state index >= 15 is 0 Å². The molecule has 0 bridgehead atoms.